The number of piperidine rings is 1. The van der Waals surface area contributed by atoms with Crippen LogP contribution in [0.1, 0.15) is 19.8 Å². The third-order valence-electron chi connectivity index (χ3n) is 3.52. The van der Waals surface area contributed by atoms with Gasteiger partial charge >= 0.3 is 0 Å². The molecule has 0 spiro atoms. The van der Waals surface area contributed by atoms with Crippen LogP contribution in [0.4, 0.5) is 5.82 Å². The molecule has 1 aliphatic heterocycles. The predicted octanol–water partition coefficient (Wildman–Crippen LogP) is 2.50. The minimum atomic E-state index is 0.156. The molecule has 1 fully saturated rings. The normalized spacial score (nSPS) is 20.3. The van der Waals surface area contributed by atoms with Gasteiger partial charge in [0.05, 0.1) is 10.2 Å². The van der Waals surface area contributed by atoms with E-state index in [1.54, 1.807) is 24.6 Å². The number of anilines is 1. The summed E-state index contributed by atoms with van der Waals surface area (Å²) in [6, 6.07) is 2.01. The van der Waals surface area contributed by atoms with E-state index in [0.29, 0.717) is 0 Å². The van der Waals surface area contributed by atoms with E-state index in [2.05, 4.69) is 14.9 Å². The van der Waals surface area contributed by atoms with E-state index in [1.165, 1.54) is 0 Å². The number of thiophene rings is 1. The number of carbonyl (C=O) groups excluding carboxylic acids is 1. The molecule has 0 N–H and O–H groups in total. The summed E-state index contributed by atoms with van der Waals surface area (Å²) >= 11 is 1.67. The van der Waals surface area contributed by atoms with Crippen LogP contribution in [0.25, 0.3) is 10.2 Å². The Morgan fingerprint density at radius 1 is 1.50 bits per heavy atom. The molecule has 0 bridgehead atoms. The van der Waals surface area contributed by atoms with Gasteiger partial charge in [-0.15, -0.1) is 11.3 Å². The fourth-order valence-electron chi connectivity index (χ4n) is 2.50. The molecule has 0 aliphatic carbocycles. The highest BCUT2D eigenvalue weighted by molar-refractivity contribution is 7.17. The SMILES string of the molecule is CC(=O)C1CCCN(c2ncnc3ccsc23)C1. The third-order valence-corrected chi connectivity index (χ3v) is 4.42. The Bertz CT molecular complexity index is 580. The minimum Gasteiger partial charge on any atom is -0.355 e. The van der Waals surface area contributed by atoms with E-state index in [1.807, 2.05) is 11.4 Å². The summed E-state index contributed by atoms with van der Waals surface area (Å²) in [7, 11) is 0. The molecule has 3 heterocycles. The highest BCUT2D eigenvalue weighted by Crippen LogP contribution is 2.30. The smallest absolute Gasteiger partial charge is 0.150 e. The Labute approximate surface area is 110 Å². The van der Waals surface area contributed by atoms with Crippen molar-refractivity contribution in [3.63, 3.8) is 0 Å². The molecule has 1 aliphatic rings. The largest absolute Gasteiger partial charge is 0.355 e. The van der Waals surface area contributed by atoms with Crippen LogP contribution in [0, 0.1) is 5.92 Å². The average Bonchev–Trinajstić information content (AvgIpc) is 2.87. The van der Waals surface area contributed by atoms with Crippen LogP contribution in [0.15, 0.2) is 17.8 Å². The molecule has 0 amide bonds. The third kappa shape index (κ3) is 1.99. The summed E-state index contributed by atoms with van der Waals surface area (Å²) in [6.45, 7) is 3.46. The summed E-state index contributed by atoms with van der Waals surface area (Å²) in [4.78, 5) is 22.4. The van der Waals surface area contributed by atoms with Crippen molar-refractivity contribution in [2.24, 2.45) is 5.92 Å². The molecular weight excluding hydrogens is 246 g/mol. The lowest BCUT2D eigenvalue weighted by molar-refractivity contribution is -0.120. The van der Waals surface area contributed by atoms with E-state index in [4.69, 9.17) is 0 Å². The van der Waals surface area contributed by atoms with Crippen molar-refractivity contribution < 1.29 is 4.79 Å². The first kappa shape index (κ1) is 11.6. The molecule has 2 aromatic rings. The van der Waals surface area contributed by atoms with Crippen molar-refractivity contribution in [1.29, 1.82) is 0 Å². The highest BCUT2D eigenvalue weighted by Gasteiger charge is 2.25. The van der Waals surface area contributed by atoms with Crippen LogP contribution in [0.3, 0.4) is 0 Å². The van der Waals surface area contributed by atoms with Gasteiger partial charge in [-0.05, 0) is 31.2 Å². The summed E-state index contributed by atoms with van der Waals surface area (Å²) in [6.07, 6.45) is 3.67. The van der Waals surface area contributed by atoms with Gasteiger partial charge in [-0.25, -0.2) is 9.97 Å². The number of Topliss-reactive ketones (excluding diaryl/α,β-unsaturated/α-hetero) is 1. The summed E-state index contributed by atoms with van der Waals surface area (Å²) in [5.74, 6) is 1.43. The molecule has 1 saturated heterocycles. The zero-order valence-corrected chi connectivity index (χ0v) is 11.1. The van der Waals surface area contributed by atoms with Gasteiger partial charge in [0.1, 0.15) is 17.9 Å². The van der Waals surface area contributed by atoms with Gasteiger partial charge in [-0.3, -0.25) is 4.79 Å². The van der Waals surface area contributed by atoms with Crippen LogP contribution in [-0.2, 0) is 4.79 Å². The Morgan fingerprint density at radius 2 is 2.39 bits per heavy atom. The zero-order valence-electron chi connectivity index (χ0n) is 10.3. The van der Waals surface area contributed by atoms with Crippen molar-refractivity contribution in [3.8, 4) is 0 Å². The zero-order chi connectivity index (χ0) is 12.5. The molecular formula is C13H15N3OS. The van der Waals surface area contributed by atoms with Gasteiger partial charge in [-0.1, -0.05) is 0 Å². The number of nitrogens with zero attached hydrogens (tertiary/aromatic N) is 3. The molecule has 0 aromatic carbocycles. The average molecular weight is 261 g/mol. The van der Waals surface area contributed by atoms with Crippen LogP contribution >= 0.6 is 11.3 Å². The second-order valence-electron chi connectivity index (χ2n) is 4.73. The maximum atomic E-state index is 11.5. The topological polar surface area (TPSA) is 46.1 Å². The molecule has 1 atom stereocenters. The maximum Gasteiger partial charge on any atom is 0.150 e. The van der Waals surface area contributed by atoms with E-state index in [-0.39, 0.29) is 11.7 Å². The number of carbonyl (C=O) groups is 1. The molecule has 18 heavy (non-hydrogen) atoms. The number of rotatable bonds is 2. The van der Waals surface area contributed by atoms with E-state index in [9.17, 15) is 4.79 Å². The lowest BCUT2D eigenvalue weighted by Crippen LogP contribution is -2.38. The van der Waals surface area contributed by atoms with Crippen molar-refractivity contribution in [1.82, 2.24) is 9.97 Å². The first-order valence-electron chi connectivity index (χ1n) is 6.19. The van der Waals surface area contributed by atoms with Crippen molar-refractivity contribution in [2.75, 3.05) is 18.0 Å². The van der Waals surface area contributed by atoms with Gasteiger partial charge in [0.2, 0.25) is 0 Å². The van der Waals surface area contributed by atoms with Crippen LogP contribution in [0.5, 0.6) is 0 Å². The first-order chi connectivity index (χ1) is 8.75. The molecule has 0 saturated carbocycles. The Morgan fingerprint density at radius 3 is 3.22 bits per heavy atom. The fraction of sp³-hybridized carbons (Fsp3) is 0.462. The molecule has 5 heteroatoms. The Hall–Kier alpha value is -1.49. The van der Waals surface area contributed by atoms with Gasteiger partial charge in [0.25, 0.3) is 0 Å². The number of hydrogen-bond donors (Lipinski definition) is 0. The highest BCUT2D eigenvalue weighted by atomic mass is 32.1. The van der Waals surface area contributed by atoms with E-state index < -0.39 is 0 Å². The van der Waals surface area contributed by atoms with Crippen molar-refractivity contribution >= 4 is 33.2 Å². The molecule has 94 valence electrons. The van der Waals surface area contributed by atoms with Gasteiger partial charge in [0, 0.05) is 19.0 Å². The predicted molar refractivity (Wildman–Crippen MR) is 73.0 cm³/mol. The number of ketones is 1. The fourth-order valence-corrected chi connectivity index (χ4v) is 3.36. The van der Waals surface area contributed by atoms with Gasteiger partial charge in [-0.2, -0.15) is 0 Å². The quantitative estimate of drug-likeness (QED) is 0.833. The molecule has 0 radical (unpaired) electrons. The van der Waals surface area contributed by atoms with Crippen molar-refractivity contribution in [3.05, 3.63) is 17.8 Å². The molecule has 3 rings (SSSR count). The monoisotopic (exact) mass is 261 g/mol. The van der Waals surface area contributed by atoms with E-state index in [0.717, 1.165) is 42.0 Å². The second kappa shape index (κ2) is 4.65. The summed E-state index contributed by atoms with van der Waals surface area (Å²) < 4.78 is 1.13. The molecule has 1 unspecified atom stereocenters. The Balaban J connectivity index is 1.94. The number of aromatic nitrogens is 2. The van der Waals surface area contributed by atoms with Crippen LogP contribution in [0.2, 0.25) is 0 Å². The number of fused-ring (bicyclic) bond motifs is 1. The van der Waals surface area contributed by atoms with Crippen LogP contribution in [-0.4, -0.2) is 28.8 Å². The minimum absolute atomic E-state index is 0.156. The second-order valence-corrected chi connectivity index (χ2v) is 5.64. The van der Waals surface area contributed by atoms with E-state index >= 15 is 0 Å². The molecule has 2 aromatic heterocycles. The summed E-state index contributed by atoms with van der Waals surface area (Å²) in [5, 5.41) is 2.04. The standard InChI is InChI=1S/C13H15N3OS/c1-9(17)10-3-2-5-16(7-10)13-12-11(4-6-18-12)14-8-15-13/h4,6,8,10H,2-3,5,7H2,1H3. The molecule has 4 nitrogen and oxygen atoms in total. The number of hydrogen-bond acceptors (Lipinski definition) is 5. The van der Waals surface area contributed by atoms with Gasteiger partial charge in [0.15, 0.2) is 0 Å². The van der Waals surface area contributed by atoms with Crippen molar-refractivity contribution in [2.45, 2.75) is 19.8 Å². The lowest BCUT2D eigenvalue weighted by atomic mass is 9.94. The van der Waals surface area contributed by atoms with Crippen LogP contribution < -0.4 is 4.90 Å². The first-order valence-corrected chi connectivity index (χ1v) is 7.07. The van der Waals surface area contributed by atoms with Gasteiger partial charge < -0.3 is 4.90 Å². The maximum absolute atomic E-state index is 11.5. The Kier molecular flexibility index (Phi) is 2.99. The summed E-state index contributed by atoms with van der Waals surface area (Å²) in [5.41, 5.74) is 0.995. The lowest BCUT2D eigenvalue weighted by Gasteiger charge is -2.32.